The second kappa shape index (κ2) is 5.70. The first kappa shape index (κ1) is 23.9. The highest BCUT2D eigenvalue weighted by molar-refractivity contribution is 5.13. The van der Waals surface area contributed by atoms with Gasteiger partial charge in [0.15, 0.2) is 6.17 Å². The lowest BCUT2D eigenvalue weighted by molar-refractivity contribution is -0.463. The summed E-state index contributed by atoms with van der Waals surface area (Å²) in [6, 6.07) is 0. The molecule has 1 unspecified atom stereocenters. The number of hydrogen-bond donors (Lipinski definition) is 1. The summed E-state index contributed by atoms with van der Waals surface area (Å²) in [6.45, 7) is -0.587. The topological polar surface area (TPSA) is 20.2 Å². The van der Waals surface area contributed by atoms with Gasteiger partial charge in [-0.1, -0.05) is 0 Å². The van der Waals surface area contributed by atoms with Crippen LogP contribution in [0.3, 0.4) is 0 Å². The van der Waals surface area contributed by atoms with Gasteiger partial charge in [-0.3, -0.25) is 0 Å². The van der Waals surface area contributed by atoms with Crippen LogP contribution in [0.4, 0.5) is 65.9 Å². The van der Waals surface area contributed by atoms with Crippen molar-refractivity contribution in [3.05, 3.63) is 0 Å². The van der Waals surface area contributed by atoms with Crippen molar-refractivity contribution in [1.29, 1.82) is 0 Å². The van der Waals surface area contributed by atoms with E-state index in [0.29, 0.717) is 0 Å². The lowest BCUT2D eigenvalue weighted by atomic mass is 9.90. The summed E-state index contributed by atoms with van der Waals surface area (Å²) < 4.78 is 190. The zero-order valence-corrected chi connectivity index (χ0v) is 11.2. The summed E-state index contributed by atoms with van der Waals surface area (Å²) >= 11 is 0. The Hall–Kier alpha value is -1.09. The summed E-state index contributed by atoms with van der Waals surface area (Å²) in [5, 5.41) is 7.42. The van der Waals surface area contributed by atoms with Gasteiger partial charge in [0.05, 0.1) is 0 Å². The standard InChI is InChI=1S/C9H5F15O/c1-2(10)3(11,12)4(13,14)5(15,16)6(17,18)7(19,20)8(21,22)9(23,24)25/h2,25H,1H3. The van der Waals surface area contributed by atoms with Gasteiger partial charge in [-0.05, 0) is 6.92 Å². The van der Waals surface area contributed by atoms with E-state index in [9.17, 15) is 65.9 Å². The van der Waals surface area contributed by atoms with E-state index < -0.39 is 54.7 Å². The van der Waals surface area contributed by atoms with Crippen molar-refractivity contribution in [3.63, 3.8) is 0 Å². The predicted octanol–water partition coefficient (Wildman–Crippen LogP) is 4.74. The van der Waals surface area contributed by atoms with Gasteiger partial charge in [-0.15, -0.1) is 0 Å². The van der Waals surface area contributed by atoms with Gasteiger partial charge in [0.1, 0.15) is 0 Å². The van der Waals surface area contributed by atoms with Crippen molar-refractivity contribution in [2.24, 2.45) is 0 Å². The summed E-state index contributed by atoms with van der Waals surface area (Å²) in [4.78, 5) is 0. The fourth-order valence-corrected chi connectivity index (χ4v) is 1.24. The van der Waals surface area contributed by atoms with Gasteiger partial charge < -0.3 is 5.11 Å². The first-order valence-electron chi connectivity index (χ1n) is 5.45. The molecule has 0 saturated carbocycles. The Bertz CT molecular complexity index is 488. The monoisotopic (exact) mass is 414 g/mol. The maximum absolute atomic E-state index is 13.0. The van der Waals surface area contributed by atoms with E-state index in [2.05, 4.69) is 0 Å². The third kappa shape index (κ3) is 2.89. The van der Waals surface area contributed by atoms with Crippen molar-refractivity contribution in [1.82, 2.24) is 0 Å². The molecule has 1 nitrogen and oxygen atoms in total. The van der Waals surface area contributed by atoms with Crippen LogP contribution >= 0.6 is 0 Å². The minimum Gasteiger partial charge on any atom is -0.331 e. The lowest BCUT2D eigenvalue weighted by Crippen LogP contribution is -2.73. The van der Waals surface area contributed by atoms with Crippen LogP contribution in [0.5, 0.6) is 0 Å². The first-order chi connectivity index (χ1) is 10.4. The highest BCUT2D eigenvalue weighted by Crippen LogP contribution is 2.62. The molecule has 0 aromatic rings. The maximum Gasteiger partial charge on any atom is 0.423 e. The molecule has 0 spiro atoms. The zero-order chi connectivity index (χ0) is 21.1. The molecule has 0 amide bonds. The number of aliphatic hydroxyl groups is 1. The van der Waals surface area contributed by atoms with Gasteiger partial charge in [0.25, 0.3) is 0 Å². The van der Waals surface area contributed by atoms with Crippen LogP contribution in [0.2, 0.25) is 0 Å². The van der Waals surface area contributed by atoms with Gasteiger partial charge in [-0.25, -0.2) is 4.39 Å². The minimum absolute atomic E-state index is 0.587. The first-order valence-corrected chi connectivity index (χ1v) is 5.45. The van der Waals surface area contributed by atoms with Crippen LogP contribution in [0.1, 0.15) is 6.92 Å². The summed E-state index contributed by atoms with van der Waals surface area (Å²) in [5.41, 5.74) is 0. The van der Waals surface area contributed by atoms with E-state index in [-0.39, 0.29) is 0 Å². The molecule has 152 valence electrons. The molecule has 0 aromatic heterocycles. The quantitative estimate of drug-likeness (QED) is 0.597. The van der Waals surface area contributed by atoms with E-state index in [0.717, 1.165) is 0 Å². The number of halogens is 15. The van der Waals surface area contributed by atoms with Crippen molar-refractivity contribution in [2.45, 2.75) is 54.7 Å². The van der Waals surface area contributed by atoms with E-state index in [1.54, 1.807) is 0 Å². The van der Waals surface area contributed by atoms with Crippen LogP contribution in [-0.2, 0) is 0 Å². The Labute approximate surface area is 127 Å². The molecule has 0 rings (SSSR count). The average molecular weight is 414 g/mol. The van der Waals surface area contributed by atoms with Crippen LogP contribution in [0.25, 0.3) is 0 Å². The highest BCUT2D eigenvalue weighted by Gasteiger charge is 2.93. The molecule has 0 aromatic carbocycles. The second-order valence-electron chi connectivity index (χ2n) is 4.65. The van der Waals surface area contributed by atoms with Crippen LogP contribution in [0.15, 0.2) is 0 Å². The Balaban J connectivity index is 6.50. The molecule has 1 atom stereocenters. The lowest BCUT2D eigenvalue weighted by Gasteiger charge is -2.42. The average Bonchev–Trinajstić information content (AvgIpc) is 2.35. The fourth-order valence-electron chi connectivity index (χ4n) is 1.24. The predicted molar refractivity (Wildman–Crippen MR) is 47.4 cm³/mol. The van der Waals surface area contributed by atoms with Crippen molar-refractivity contribution >= 4 is 0 Å². The highest BCUT2D eigenvalue weighted by atomic mass is 19.4. The van der Waals surface area contributed by atoms with E-state index in [4.69, 9.17) is 5.11 Å². The molecule has 0 radical (unpaired) electrons. The largest absolute Gasteiger partial charge is 0.423 e. The molecule has 0 heterocycles. The Morgan fingerprint density at radius 3 is 1.00 bits per heavy atom. The number of hydrogen-bond acceptors (Lipinski definition) is 1. The van der Waals surface area contributed by atoms with Crippen LogP contribution in [0, 0.1) is 0 Å². The van der Waals surface area contributed by atoms with Gasteiger partial charge >= 0.3 is 41.6 Å². The van der Waals surface area contributed by atoms with Crippen molar-refractivity contribution < 1.29 is 71.0 Å². The molecule has 0 bridgehead atoms. The fraction of sp³-hybridized carbons (Fsp3) is 1.00. The molecule has 0 aliphatic heterocycles. The van der Waals surface area contributed by atoms with Crippen molar-refractivity contribution in [3.8, 4) is 0 Å². The van der Waals surface area contributed by atoms with Gasteiger partial charge in [-0.2, -0.15) is 61.5 Å². The Morgan fingerprint density at radius 1 is 0.520 bits per heavy atom. The molecular weight excluding hydrogens is 409 g/mol. The molecular formula is C9H5F15O. The third-order valence-corrected chi connectivity index (χ3v) is 2.87. The Kier molecular flexibility index (Phi) is 5.46. The molecule has 0 aliphatic carbocycles. The molecule has 0 saturated heterocycles. The van der Waals surface area contributed by atoms with E-state index >= 15 is 0 Å². The molecule has 16 heteroatoms. The van der Waals surface area contributed by atoms with Crippen LogP contribution in [-0.4, -0.2) is 52.9 Å². The van der Waals surface area contributed by atoms with E-state index in [1.807, 2.05) is 0 Å². The van der Waals surface area contributed by atoms with E-state index in [1.165, 1.54) is 0 Å². The maximum atomic E-state index is 13.0. The second-order valence-corrected chi connectivity index (χ2v) is 4.65. The molecule has 1 N–H and O–H groups in total. The smallest absolute Gasteiger partial charge is 0.331 e. The SMILES string of the molecule is CC(F)C(F)(F)C(F)(F)C(F)(F)C(F)(F)C(F)(F)C(F)(F)C(O)(F)F. The Morgan fingerprint density at radius 2 is 0.760 bits per heavy atom. The summed E-state index contributed by atoms with van der Waals surface area (Å²) in [6.07, 6.45) is -11.5. The molecule has 0 aliphatic rings. The van der Waals surface area contributed by atoms with Gasteiger partial charge in [0.2, 0.25) is 0 Å². The minimum atomic E-state index is -8.29. The normalized spacial score (nSPS) is 17.6. The van der Waals surface area contributed by atoms with Gasteiger partial charge in [0, 0.05) is 0 Å². The zero-order valence-electron chi connectivity index (χ0n) is 11.2. The summed E-state index contributed by atoms with van der Waals surface area (Å²) in [5.74, 6) is -47.0. The van der Waals surface area contributed by atoms with Crippen molar-refractivity contribution in [2.75, 3.05) is 0 Å². The molecule has 25 heavy (non-hydrogen) atoms. The number of alkyl halides is 15. The summed E-state index contributed by atoms with van der Waals surface area (Å²) in [7, 11) is 0. The number of rotatable bonds is 7. The van der Waals surface area contributed by atoms with Crippen LogP contribution < -0.4 is 0 Å². The molecule has 0 fully saturated rings. The third-order valence-electron chi connectivity index (χ3n) is 2.87.